The summed E-state index contributed by atoms with van der Waals surface area (Å²) in [6, 6.07) is 2.80. The molecule has 0 bridgehead atoms. The maximum absolute atomic E-state index is 13.6. The van der Waals surface area contributed by atoms with E-state index in [1.54, 1.807) is 6.92 Å². The van der Waals surface area contributed by atoms with Crippen LogP contribution in [-0.2, 0) is 10.0 Å². The fraction of sp³-hybridized carbons (Fsp3) is 0.286. The van der Waals surface area contributed by atoms with Gasteiger partial charge in [0.15, 0.2) is 23.3 Å². The topological polar surface area (TPSA) is 92.5 Å². The van der Waals surface area contributed by atoms with Gasteiger partial charge in [0.25, 0.3) is 5.91 Å². The lowest BCUT2D eigenvalue weighted by atomic mass is 10.2. The first-order chi connectivity index (χ1) is 11.6. The molecule has 0 aliphatic heterocycles. The Kier molecular flexibility index (Phi) is 5.36. The predicted octanol–water partition coefficient (Wildman–Crippen LogP) is 1.60. The van der Waals surface area contributed by atoms with Crippen LogP contribution in [0.15, 0.2) is 22.7 Å². The largest absolute Gasteiger partial charge is 0.360 e. The summed E-state index contributed by atoms with van der Waals surface area (Å²) in [7, 11) is -3.71. The Hall–Kier alpha value is -2.56. The van der Waals surface area contributed by atoms with Crippen LogP contribution >= 0.6 is 0 Å². The van der Waals surface area contributed by atoms with Gasteiger partial charge in [-0.05, 0) is 19.1 Å². The maximum Gasteiger partial charge on any atom is 0.254 e. The number of hydrogen-bond acceptors (Lipinski definition) is 5. The van der Waals surface area contributed by atoms with Crippen molar-refractivity contribution in [1.29, 1.82) is 0 Å². The number of nitrogens with one attached hydrogen (secondary N) is 1. The molecule has 0 saturated carbocycles. The molecule has 0 aliphatic carbocycles. The van der Waals surface area contributed by atoms with E-state index in [1.165, 1.54) is 6.07 Å². The fourth-order valence-electron chi connectivity index (χ4n) is 1.99. The summed E-state index contributed by atoms with van der Waals surface area (Å²) in [5.74, 6) is -5.40. The zero-order valence-corrected chi connectivity index (χ0v) is 14.0. The molecular weight excluding hydrogens is 363 g/mol. The van der Waals surface area contributed by atoms with Crippen LogP contribution in [0.1, 0.15) is 16.1 Å². The average molecular weight is 377 g/mol. The van der Waals surface area contributed by atoms with Crippen molar-refractivity contribution < 1.29 is 30.9 Å². The minimum Gasteiger partial charge on any atom is -0.360 e. The molecule has 0 atom stereocenters. The van der Waals surface area contributed by atoms with Gasteiger partial charge in [-0.1, -0.05) is 5.16 Å². The van der Waals surface area contributed by atoms with E-state index >= 15 is 0 Å². The lowest BCUT2D eigenvalue weighted by molar-refractivity contribution is 0.0949. The number of nitrogens with zero attached hydrogens (tertiary/aromatic N) is 2. The fourth-order valence-corrected chi connectivity index (χ4v) is 2.84. The Morgan fingerprint density at radius 3 is 2.52 bits per heavy atom. The highest BCUT2D eigenvalue weighted by molar-refractivity contribution is 7.92. The van der Waals surface area contributed by atoms with E-state index in [9.17, 15) is 26.4 Å². The Balaban J connectivity index is 2.07. The average Bonchev–Trinajstić information content (AvgIpc) is 2.93. The van der Waals surface area contributed by atoms with E-state index in [0.717, 1.165) is 16.6 Å². The Labute approximate surface area is 141 Å². The molecule has 136 valence electrons. The Morgan fingerprint density at radius 1 is 1.28 bits per heavy atom. The molecule has 25 heavy (non-hydrogen) atoms. The molecule has 0 aliphatic rings. The van der Waals surface area contributed by atoms with Crippen LogP contribution in [0, 0.1) is 24.4 Å². The molecule has 1 heterocycles. The van der Waals surface area contributed by atoms with Crippen LogP contribution in [0.3, 0.4) is 0 Å². The number of halogens is 3. The minimum atomic E-state index is -3.71. The number of amides is 1. The van der Waals surface area contributed by atoms with Gasteiger partial charge in [0.2, 0.25) is 10.0 Å². The number of hydrogen-bond donors (Lipinski definition) is 1. The number of aromatic nitrogens is 1. The summed E-state index contributed by atoms with van der Waals surface area (Å²) in [5.41, 5.74) is -0.693. The molecule has 2 rings (SSSR count). The van der Waals surface area contributed by atoms with Crippen molar-refractivity contribution in [1.82, 2.24) is 10.5 Å². The first-order valence-electron chi connectivity index (χ1n) is 6.94. The highest BCUT2D eigenvalue weighted by Crippen LogP contribution is 2.17. The van der Waals surface area contributed by atoms with Crippen molar-refractivity contribution >= 4 is 21.7 Å². The van der Waals surface area contributed by atoms with E-state index in [1.807, 2.05) is 0 Å². The highest BCUT2D eigenvalue weighted by atomic mass is 32.2. The molecule has 1 aromatic heterocycles. The van der Waals surface area contributed by atoms with Gasteiger partial charge in [-0.25, -0.2) is 25.9 Å². The van der Waals surface area contributed by atoms with Crippen molar-refractivity contribution in [3.8, 4) is 0 Å². The number of benzene rings is 1. The normalized spacial score (nSPS) is 11.4. The molecule has 0 radical (unpaired) electrons. The number of aryl methyl sites for hydroxylation is 1. The van der Waals surface area contributed by atoms with E-state index in [0.29, 0.717) is 11.8 Å². The molecule has 11 heteroatoms. The van der Waals surface area contributed by atoms with E-state index in [4.69, 9.17) is 4.52 Å². The van der Waals surface area contributed by atoms with E-state index in [2.05, 4.69) is 10.5 Å². The van der Waals surface area contributed by atoms with Crippen LogP contribution in [0.4, 0.5) is 19.0 Å². The van der Waals surface area contributed by atoms with Gasteiger partial charge >= 0.3 is 0 Å². The summed E-state index contributed by atoms with van der Waals surface area (Å²) < 4.78 is 68.9. The molecule has 1 N–H and O–H groups in total. The standard InChI is InChI=1S/C14H14F3N3O4S/c1-8-7-11(19-24-8)20(25(2,22)23)6-5-18-14(21)9-3-4-10(15)13(17)12(9)16/h3-4,7H,5-6H2,1-2H3,(H,18,21). The third kappa shape index (κ3) is 4.29. The maximum atomic E-state index is 13.6. The summed E-state index contributed by atoms with van der Waals surface area (Å²) in [5, 5.41) is 5.81. The molecule has 0 spiro atoms. The highest BCUT2D eigenvalue weighted by Gasteiger charge is 2.22. The van der Waals surface area contributed by atoms with Crippen molar-refractivity contribution in [2.45, 2.75) is 6.92 Å². The van der Waals surface area contributed by atoms with Gasteiger partial charge in [0.1, 0.15) is 5.76 Å². The molecule has 1 aromatic carbocycles. The van der Waals surface area contributed by atoms with Gasteiger partial charge < -0.3 is 9.84 Å². The molecule has 2 aromatic rings. The van der Waals surface area contributed by atoms with Crippen molar-refractivity contribution in [2.75, 3.05) is 23.7 Å². The molecule has 0 unspecified atom stereocenters. The second kappa shape index (κ2) is 7.13. The second-order valence-electron chi connectivity index (χ2n) is 5.11. The molecule has 7 nitrogen and oxygen atoms in total. The second-order valence-corrected chi connectivity index (χ2v) is 7.02. The zero-order valence-electron chi connectivity index (χ0n) is 13.2. The number of rotatable bonds is 6. The van der Waals surface area contributed by atoms with Crippen LogP contribution < -0.4 is 9.62 Å². The number of anilines is 1. The quantitative estimate of drug-likeness (QED) is 0.772. The van der Waals surface area contributed by atoms with Crippen LogP contribution in [0.2, 0.25) is 0 Å². The van der Waals surface area contributed by atoms with E-state index in [-0.39, 0.29) is 18.9 Å². The van der Waals surface area contributed by atoms with Crippen molar-refractivity contribution in [3.63, 3.8) is 0 Å². The van der Waals surface area contributed by atoms with Gasteiger partial charge in [0.05, 0.1) is 18.4 Å². The molecular formula is C14H14F3N3O4S. The number of carbonyl (C=O) groups is 1. The van der Waals surface area contributed by atoms with Gasteiger partial charge in [-0.3, -0.25) is 4.79 Å². The number of carbonyl (C=O) groups excluding carboxylic acids is 1. The van der Waals surface area contributed by atoms with Gasteiger partial charge in [-0.15, -0.1) is 0 Å². The first kappa shape index (κ1) is 18.8. The smallest absolute Gasteiger partial charge is 0.254 e. The predicted molar refractivity (Wildman–Crippen MR) is 82.1 cm³/mol. The molecule has 0 fully saturated rings. The monoisotopic (exact) mass is 377 g/mol. The summed E-state index contributed by atoms with van der Waals surface area (Å²) >= 11 is 0. The third-order valence-electron chi connectivity index (χ3n) is 3.15. The first-order valence-corrected chi connectivity index (χ1v) is 8.79. The lowest BCUT2D eigenvalue weighted by Crippen LogP contribution is -2.38. The summed E-state index contributed by atoms with van der Waals surface area (Å²) in [4.78, 5) is 11.9. The van der Waals surface area contributed by atoms with Gasteiger partial charge in [0, 0.05) is 12.6 Å². The molecule has 0 saturated heterocycles. The third-order valence-corrected chi connectivity index (χ3v) is 4.32. The zero-order chi connectivity index (χ0) is 18.8. The minimum absolute atomic E-state index is 0.0215. The van der Waals surface area contributed by atoms with E-state index < -0.39 is 38.9 Å². The number of sulfonamides is 1. The van der Waals surface area contributed by atoms with Gasteiger partial charge in [-0.2, -0.15) is 0 Å². The summed E-state index contributed by atoms with van der Waals surface area (Å²) in [6.45, 7) is 1.13. The summed E-state index contributed by atoms with van der Waals surface area (Å²) in [6.07, 6.45) is 0.938. The van der Waals surface area contributed by atoms with Crippen LogP contribution in [0.25, 0.3) is 0 Å². The molecule has 1 amide bonds. The van der Waals surface area contributed by atoms with Crippen LogP contribution in [0.5, 0.6) is 0 Å². The lowest BCUT2D eigenvalue weighted by Gasteiger charge is -2.19. The van der Waals surface area contributed by atoms with Crippen LogP contribution in [-0.4, -0.2) is 38.8 Å². The Bertz CT molecular complexity index is 899. The van der Waals surface area contributed by atoms with Crippen molar-refractivity contribution in [3.05, 3.63) is 47.0 Å². The SMILES string of the molecule is Cc1cc(N(CCNC(=O)c2ccc(F)c(F)c2F)S(C)(=O)=O)no1. The Morgan fingerprint density at radius 2 is 1.96 bits per heavy atom. The van der Waals surface area contributed by atoms with Crippen molar-refractivity contribution in [2.24, 2.45) is 0 Å².